The van der Waals surface area contributed by atoms with Crippen LogP contribution in [0, 0.1) is 0 Å². The summed E-state index contributed by atoms with van der Waals surface area (Å²) in [5, 5.41) is 9.81. The van der Waals surface area contributed by atoms with Crippen LogP contribution in [-0.2, 0) is 30.5 Å². The molecule has 12 heteroatoms. The number of allylic oxidation sites excluding steroid dienone is 2. The molecular formula is C26H36N4O6S2. The highest BCUT2D eigenvalue weighted by Gasteiger charge is 2.20. The van der Waals surface area contributed by atoms with E-state index in [0.717, 1.165) is 19.3 Å². The van der Waals surface area contributed by atoms with Gasteiger partial charge in [0, 0.05) is 17.6 Å². The Morgan fingerprint density at radius 3 is 2.68 bits per heavy atom. The lowest BCUT2D eigenvalue weighted by Crippen LogP contribution is -2.39. The van der Waals surface area contributed by atoms with Gasteiger partial charge in [-0.1, -0.05) is 56.5 Å². The van der Waals surface area contributed by atoms with Gasteiger partial charge in [-0.2, -0.15) is 0 Å². The lowest BCUT2D eigenvalue weighted by Gasteiger charge is -2.15. The molecule has 1 aromatic rings. The number of hydrogen-bond donors (Lipinski definition) is 3. The molecule has 0 spiro atoms. The van der Waals surface area contributed by atoms with Gasteiger partial charge in [-0.25, -0.2) is 4.98 Å². The van der Waals surface area contributed by atoms with Crippen molar-refractivity contribution in [3.8, 4) is 0 Å². The smallest absolute Gasteiger partial charge is 0.326 e. The van der Waals surface area contributed by atoms with Gasteiger partial charge in [0.25, 0.3) is 11.8 Å². The van der Waals surface area contributed by atoms with E-state index in [4.69, 9.17) is 4.74 Å². The molecular weight excluding hydrogens is 528 g/mol. The number of fused-ring (bicyclic) bond motifs is 2. The number of ether oxygens (including phenoxy) is 1. The second-order valence-electron chi connectivity index (χ2n) is 8.58. The van der Waals surface area contributed by atoms with Gasteiger partial charge in [0.05, 0.1) is 13.0 Å². The zero-order valence-electron chi connectivity index (χ0n) is 21.9. The van der Waals surface area contributed by atoms with Gasteiger partial charge >= 0.3 is 5.97 Å². The first-order valence-corrected chi connectivity index (χ1v) is 14.7. The molecule has 1 atom stereocenters. The summed E-state index contributed by atoms with van der Waals surface area (Å²) in [5.41, 5.74) is 0.0914. The Bertz CT molecular complexity index is 1040. The van der Waals surface area contributed by atoms with E-state index in [9.17, 15) is 24.0 Å². The van der Waals surface area contributed by atoms with Gasteiger partial charge in [0.1, 0.15) is 29.0 Å². The number of nitrogens with zero attached hydrogens (tertiary/aromatic N) is 1. The maximum atomic E-state index is 12.5. The summed E-state index contributed by atoms with van der Waals surface area (Å²) >= 11 is 2.48. The van der Waals surface area contributed by atoms with Crippen LogP contribution in [0.2, 0.25) is 0 Å². The van der Waals surface area contributed by atoms with Gasteiger partial charge in [-0.05, 0) is 25.8 Å². The molecule has 3 N–H and O–H groups in total. The summed E-state index contributed by atoms with van der Waals surface area (Å²) in [5.74, 6) is -1.73. The highest BCUT2D eigenvalue weighted by atomic mass is 32.2. The van der Waals surface area contributed by atoms with Crippen LogP contribution in [0.1, 0.15) is 80.7 Å². The standard InChI is InChI=1S/C26H36N4O6S2/c1-3-5-6-7-8-12-24(33)37-13-10-9-11-18-14-21(31)27-15-22-29-20(17-38-22)26(35)30-19(4-2)25(34)28-16-23(32)36-18/h4,9,11,17-18H,3,5-8,10,12-16H2,1-2H3,(H,27,31)(H,28,34)(H,30,35)/b11-9+,19-4-/t18-/m1/s1. The molecule has 0 aliphatic carbocycles. The largest absolute Gasteiger partial charge is 0.456 e. The summed E-state index contributed by atoms with van der Waals surface area (Å²) in [6.07, 6.45) is 10.5. The lowest BCUT2D eigenvalue weighted by atomic mass is 10.1. The molecule has 0 aromatic carbocycles. The van der Waals surface area contributed by atoms with Crippen molar-refractivity contribution >= 4 is 51.9 Å². The Balaban J connectivity index is 1.94. The first-order chi connectivity index (χ1) is 18.3. The first-order valence-electron chi connectivity index (χ1n) is 12.8. The minimum absolute atomic E-state index is 0.0257. The van der Waals surface area contributed by atoms with E-state index in [1.165, 1.54) is 47.4 Å². The summed E-state index contributed by atoms with van der Waals surface area (Å²) in [7, 11) is 0. The number of rotatable bonds is 10. The average Bonchev–Trinajstić information content (AvgIpc) is 3.37. The third-order valence-electron chi connectivity index (χ3n) is 5.45. The van der Waals surface area contributed by atoms with Crippen molar-refractivity contribution in [1.29, 1.82) is 0 Å². The summed E-state index contributed by atoms with van der Waals surface area (Å²) < 4.78 is 5.41. The number of cyclic esters (lactones) is 1. The van der Waals surface area contributed by atoms with E-state index in [-0.39, 0.29) is 35.4 Å². The van der Waals surface area contributed by atoms with Crippen molar-refractivity contribution in [2.45, 2.75) is 77.9 Å². The molecule has 3 amide bonds. The number of aromatic nitrogens is 1. The van der Waals surface area contributed by atoms with Gasteiger partial charge in [-0.15, -0.1) is 11.3 Å². The van der Waals surface area contributed by atoms with E-state index in [0.29, 0.717) is 23.6 Å². The molecule has 208 valence electrons. The number of esters is 1. The molecule has 2 rings (SSSR count). The van der Waals surface area contributed by atoms with Crippen molar-refractivity contribution in [1.82, 2.24) is 20.9 Å². The van der Waals surface area contributed by atoms with Crippen LogP contribution >= 0.6 is 23.1 Å². The highest BCUT2D eigenvalue weighted by molar-refractivity contribution is 8.13. The number of carbonyl (C=O) groups excluding carboxylic acids is 5. The number of thiazole rings is 1. The number of carbonyl (C=O) groups is 5. The van der Waals surface area contributed by atoms with E-state index in [2.05, 4.69) is 27.9 Å². The molecule has 0 radical (unpaired) electrons. The van der Waals surface area contributed by atoms with Crippen LogP contribution in [0.4, 0.5) is 0 Å². The molecule has 2 heterocycles. The Kier molecular flexibility index (Phi) is 14.4. The minimum Gasteiger partial charge on any atom is -0.456 e. The Hall–Kier alpha value is -2.99. The van der Waals surface area contributed by atoms with Crippen LogP contribution in [0.3, 0.4) is 0 Å². The number of thioether (sulfide) groups is 1. The van der Waals surface area contributed by atoms with E-state index >= 15 is 0 Å². The highest BCUT2D eigenvalue weighted by Crippen LogP contribution is 2.14. The summed E-state index contributed by atoms with van der Waals surface area (Å²) in [6, 6.07) is 0. The van der Waals surface area contributed by atoms with Gasteiger partial charge < -0.3 is 20.7 Å². The molecule has 1 aromatic heterocycles. The summed E-state index contributed by atoms with van der Waals surface area (Å²) in [4.78, 5) is 65.9. The molecule has 0 unspecified atom stereocenters. The molecule has 10 nitrogen and oxygen atoms in total. The molecule has 0 fully saturated rings. The van der Waals surface area contributed by atoms with Crippen LogP contribution in [0.25, 0.3) is 0 Å². The van der Waals surface area contributed by atoms with E-state index < -0.39 is 30.4 Å². The third-order valence-corrected chi connectivity index (χ3v) is 7.26. The van der Waals surface area contributed by atoms with Crippen molar-refractivity contribution in [2.24, 2.45) is 0 Å². The Morgan fingerprint density at radius 1 is 1.13 bits per heavy atom. The number of nitrogens with one attached hydrogen (secondary N) is 3. The van der Waals surface area contributed by atoms with E-state index in [1.807, 2.05) is 0 Å². The van der Waals surface area contributed by atoms with Gasteiger partial charge in [-0.3, -0.25) is 24.0 Å². The maximum absolute atomic E-state index is 12.5. The van der Waals surface area contributed by atoms with E-state index in [1.54, 1.807) is 19.1 Å². The fourth-order valence-electron chi connectivity index (χ4n) is 3.41. The second kappa shape index (κ2) is 17.5. The predicted molar refractivity (Wildman–Crippen MR) is 147 cm³/mol. The third kappa shape index (κ3) is 12.0. The van der Waals surface area contributed by atoms with Crippen LogP contribution in [0.5, 0.6) is 0 Å². The number of hydrogen-bond acceptors (Lipinski definition) is 9. The van der Waals surface area contributed by atoms with Crippen molar-refractivity contribution in [2.75, 3.05) is 12.3 Å². The van der Waals surface area contributed by atoms with Crippen LogP contribution < -0.4 is 16.0 Å². The monoisotopic (exact) mass is 564 g/mol. The Morgan fingerprint density at radius 2 is 1.92 bits per heavy atom. The predicted octanol–water partition coefficient (Wildman–Crippen LogP) is 3.39. The van der Waals surface area contributed by atoms with Gasteiger partial charge in [0.2, 0.25) is 5.91 Å². The average molecular weight is 565 g/mol. The quantitative estimate of drug-likeness (QED) is 0.170. The lowest BCUT2D eigenvalue weighted by molar-refractivity contribution is -0.147. The number of amides is 3. The molecule has 1 aliphatic heterocycles. The summed E-state index contributed by atoms with van der Waals surface area (Å²) in [6.45, 7) is 3.40. The van der Waals surface area contributed by atoms with Crippen LogP contribution in [0.15, 0.2) is 29.3 Å². The topological polar surface area (TPSA) is 144 Å². The number of unbranched alkanes of at least 4 members (excludes halogenated alkanes) is 4. The first kappa shape index (κ1) is 31.2. The molecule has 0 saturated carbocycles. The zero-order valence-corrected chi connectivity index (χ0v) is 23.5. The Labute approximate surface area is 231 Å². The second-order valence-corrected chi connectivity index (χ2v) is 10.7. The van der Waals surface area contributed by atoms with Crippen molar-refractivity contribution in [3.63, 3.8) is 0 Å². The fraction of sp³-hybridized carbons (Fsp3) is 0.538. The SMILES string of the molecule is C/C=C1\NC(=O)c2csc(n2)CNC(=O)C[C@@H](/C=C/CCSC(=O)CCCCCCC)OC(=O)CNC1=O. The fourth-order valence-corrected chi connectivity index (χ4v) is 4.90. The molecule has 2 bridgehead atoms. The van der Waals surface area contributed by atoms with Crippen LogP contribution in [-0.4, -0.2) is 52.2 Å². The molecule has 38 heavy (non-hydrogen) atoms. The zero-order chi connectivity index (χ0) is 27.8. The van der Waals surface area contributed by atoms with Crippen molar-refractivity contribution < 1.29 is 28.7 Å². The van der Waals surface area contributed by atoms with Crippen molar-refractivity contribution in [3.05, 3.63) is 40.0 Å². The normalized spacial score (nSPS) is 18.7. The van der Waals surface area contributed by atoms with Gasteiger partial charge in [0.15, 0.2) is 5.12 Å². The maximum Gasteiger partial charge on any atom is 0.326 e. The molecule has 1 aliphatic rings. The minimum atomic E-state index is -0.848. The molecule has 0 saturated heterocycles.